The largest absolute Gasteiger partial charge is 0.324 e. The molecule has 1 heterocycles. The molecule has 0 fully saturated rings. The van der Waals surface area contributed by atoms with Crippen molar-refractivity contribution in [2.75, 3.05) is 17.3 Å². The topological polar surface area (TPSA) is 66.5 Å². The van der Waals surface area contributed by atoms with Crippen molar-refractivity contribution in [3.8, 4) is 0 Å². The van der Waals surface area contributed by atoms with E-state index in [0.717, 1.165) is 16.0 Å². The summed E-state index contributed by atoms with van der Waals surface area (Å²) in [5.74, 6) is -0.485. The monoisotopic (exact) mass is 382 g/mol. The molecular formula is C21H22N2O3S. The van der Waals surface area contributed by atoms with Gasteiger partial charge in [0.1, 0.15) is 6.04 Å². The van der Waals surface area contributed by atoms with Crippen LogP contribution in [0.4, 0.5) is 5.69 Å². The zero-order chi connectivity index (χ0) is 19.6. The number of carbonyl (C=O) groups is 3. The quantitative estimate of drug-likeness (QED) is 0.775. The lowest BCUT2D eigenvalue weighted by Gasteiger charge is -2.25. The van der Waals surface area contributed by atoms with Crippen molar-refractivity contribution in [3.63, 3.8) is 0 Å². The van der Waals surface area contributed by atoms with Gasteiger partial charge in [-0.15, -0.1) is 0 Å². The van der Waals surface area contributed by atoms with Crippen LogP contribution >= 0.6 is 11.8 Å². The van der Waals surface area contributed by atoms with Crippen LogP contribution < -0.4 is 5.32 Å². The molecule has 1 aliphatic rings. The van der Waals surface area contributed by atoms with Gasteiger partial charge >= 0.3 is 0 Å². The summed E-state index contributed by atoms with van der Waals surface area (Å²) >= 11 is 1.58. The summed E-state index contributed by atoms with van der Waals surface area (Å²) in [4.78, 5) is 39.8. The molecule has 6 heteroatoms. The minimum Gasteiger partial charge on any atom is -0.324 e. The van der Waals surface area contributed by atoms with E-state index < -0.39 is 17.9 Å². The zero-order valence-electron chi connectivity index (χ0n) is 15.6. The third kappa shape index (κ3) is 3.76. The third-order valence-corrected chi connectivity index (χ3v) is 5.33. The highest BCUT2D eigenvalue weighted by molar-refractivity contribution is 7.98. The van der Waals surface area contributed by atoms with Crippen LogP contribution in [0.3, 0.4) is 0 Å². The number of aryl methyl sites for hydroxylation is 2. The van der Waals surface area contributed by atoms with Crippen LogP contribution in [0.5, 0.6) is 0 Å². The van der Waals surface area contributed by atoms with Gasteiger partial charge in [-0.05, 0) is 61.6 Å². The molecule has 0 spiro atoms. The van der Waals surface area contributed by atoms with Crippen LogP contribution in [0.1, 0.15) is 38.3 Å². The molecule has 0 radical (unpaired) electrons. The molecule has 2 aromatic carbocycles. The van der Waals surface area contributed by atoms with Crippen LogP contribution in [0.2, 0.25) is 0 Å². The Morgan fingerprint density at radius 3 is 2.30 bits per heavy atom. The number of rotatable bonds is 6. The van der Waals surface area contributed by atoms with Gasteiger partial charge in [0.15, 0.2) is 0 Å². The predicted molar refractivity (Wildman–Crippen MR) is 108 cm³/mol. The second-order valence-electron chi connectivity index (χ2n) is 6.63. The van der Waals surface area contributed by atoms with E-state index >= 15 is 0 Å². The van der Waals surface area contributed by atoms with E-state index in [2.05, 4.69) is 5.32 Å². The average Bonchev–Trinajstić information content (AvgIpc) is 2.90. The van der Waals surface area contributed by atoms with Crippen molar-refractivity contribution in [1.29, 1.82) is 0 Å². The number of amides is 3. The number of hydrogen-bond acceptors (Lipinski definition) is 4. The smallest absolute Gasteiger partial charge is 0.262 e. The lowest BCUT2D eigenvalue weighted by Crippen LogP contribution is -2.47. The Bertz CT molecular complexity index is 875. The molecule has 1 atom stereocenters. The van der Waals surface area contributed by atoms with Crippen molar-refractivity contribution in [1.82, 2.24) is 4.90 Å². The van der Waals surface area contributed by atoms with Crippen molar-refractivity contribution in [2.24, 2.45) is 0 Å². The Balaban J connectivity index is 1.90. The highest BCUT2D eigenvalue weighted by Crippen LogP contribution is 2.27. The standard InChI is InChI=1S/C21H22N2O3S/c1-13-8-9-14(2)17(12-13)22-19(24)18(10-11-27-3)23-20(25)15-6-4-5-7-16(15)21(23)26/h4-9,12,18H,10-11H2,1-3H3,(H,22,24)/t18-/m0/s1. The molecule has 0 aliphatic carbocycles. The summed E-state index contributed by atoms with van der Waals surface area (Å²) in [5, 5.41) is 2.91. The molecule has 27 heavy (non-hydrogen) atoms. The lowest BCUT2D eigenvalue weighted by atomic mass is 10.1. The minimum atomic E-state index is -0.843. The van der Waals surface area contributed by atoms with E-state index in [1.165, 1.54) is 0 Å². The number of carbonyl (C=O) groups excluding carboxylic acids is 3. The summed E-state index contributed by atoms with van der Waals surface area (Å²) in [6.45, 7) is 3.86. The SMILES string of the molecule is CSCC[C@@H](C(=O)Nc1cc(C)ccc1C)N1C(=O)c2ccccc2C1=O. The maximum Gasteiger partial charge on any atom is 0.262 e. The van der Waals surface area contributed by atoms with E-state index in [1.807, 2.05) is 38.3 Å². The molecule has 140 valence electrons. The number of thioether (sulfide) groups is 1. The van der Waals surface area contributed by atoms with Gasteiger partial charge in [0.05, 0.1) is 11.1 Å². The van der Waals surface area contributed by atoms with Crippen molar-refractivity contribution < 1.29 is 14.4 Å². The molecule has 3 rings (SSSR count). The number of nitrogens with zero attached hydrogens (tertiary/aromatic N) is 1. The summed E-state index contributed by atoms with van der Waals surface area (Å²) in [6, 6.07) is 11.7. The maximum absolute atomic E-state index is 13.0. The van der Waals surface area contributed by atoms with Gasteiger partial charge in [-0.2, -0.15) is 11.8 Å². The van der Waals surface area contributed by atoms with E-state index in [9.17, 15) is 14.4 Å². The van der Waals surface area contributed by atoms with Crippen LogP contribution in [-0.2, 0) is 4.79 Å². The van der Waals surface area contributed by atoms with Crippen LogP contribution in [0.25, 0.3) is 0 Å². The highest BCUT2D eigenvalue weighted by Gasteiger charge is 2.42. The molecule has 5 nitrogen and oxygen atoms in total. The van der Waals surface area contributed by atoms with E-state index in [-0.39, 0.29) is 5.91 Å². The fourth-order valence-corrected chi connectivity index (χ4v) is 3.64. The van der Waals surface area contributed by atoms with E-state index in [0.29, 0.717) is 29.0 Å². The van der Waals surface area contributed by atoms with Gasteiger partial charge in [0.2, 0.25) is 5.91 Å². The van der Waals surface area contributed by atoms with Gasteiger partial charge < -0.3 is 5.32 Å². The molecule has 2 aromatic rings. The molecule has 0 aromatic heterocycles. The molecule has 0 bridgehead atoms. The minimum absolute atomic E-state index is 0.341. The number of imide groups is 1. The van der Waals surface area contributed by atoms with Crippen molar-refractivity contribution >= 4 is 35.2 Å². The molecule has 0 saturated carbocycles. The van der Waals surface area contributed by atoms with Crippen LogP contribution in [-0.4, -0.2) is 40.7 Å². The van der Waals surface area contributed by atoms with Crippen molar-refractivity contribution in [2.45, 2.75) is 26.3 Å². The van der Waals surface area contributed by atoms with Gasteiger partial charge in [-0.1, -0.05) is 24.3 Å². The van der Waals surface area contributed by atoms with E-state index in [4.69, 9.17) is 0 Å². The molecular weight excluding hydrogens is 360 g/mol. The number of hydrogen-bond donors (Lipinski definition) is 1. The maximum atomic E-state index is 13.0. The second-order valence-corrected chi connectivity index (χ2v) is 7.62. The Morgan fingerprint density at radius 2 is 1.70 bits per heavy atom. The summed E-state index contributed by atoms with van der Waals surface area (Å²) in [6.07, 6.45) is 2.34. The highest BCUT2D eigenvalue weighted by atomic mass is 32.2. The molecule has 1 aliphatic heterocycles. The number of nitrogens with one attached hydrogen (secondary N) is 1. The molecule has 0 unspecified atom stereocenters. The Hall–Kier alpha value is -2.60. The van der Waals surface area contributed by atoms with Crippen molar-refractivity contribution in [3.05, 3.63) is 64.7 Å². The first-order valence-corrected chi connectivity index (χ1v) is 10.2. The zero-order valence-corrected chi connectivity index (χ0v) is 16.4. The second kappa shape index (κ2) is 7.96. The molecule has 3 amide bonds. The predicted octanol–water partition coefficient (Wildman–Crippen LogP) is 3.66. The molecule has 1 N–H and O–H groups in total. The van der Waals surface area contributed by atoms with Gasteiger partial charge in [-0.25, -0.2) is 0 Å². The van der Waals surface area contributed by atoms with Crippen LogP contribution in [0.15, 0.2) is 42.5 Å². The Kier molecular flexibility index (Phi) is 5.65. The summed E-state index contributed by atoms with van der Waals surface area (Å²) in [5.41, 5.74) is 3.37. The van der Waals surface area contributed by atoms with Gasteiger partial charge in [0, 0.05) is 5.69 Å². The normalized spacial score (nSPS) is 14.3. The van der Waals surface area contributed by atoms with Gasteiger partial charge in [-0.3, -0.25) is 19.3 Å². The van der Waals surface area contributed by atoms with Crippen LogP contribution in [0, 0.1) is 13.8 Å². The fourth-order valence-electron chi connectivity index (χ4n) is 3.18. The van der Waals surface area contributed by atoms with Gasteiger partial charge in [0.25, 0.3) is 11.8 Å². The first-order valence-electron chi connectivity index (χ1n) is 8.78. The molecule has 0 saturated heterocycles. The first-order chi connectivity index (χ1) is 12.9. The Labute approximate surface area is 163 Å². The third-order valence-electron chi connectivity index (χ3n) is 4.69. The number of anilines is 1. The van der Waals surface area contributed by atoms with E-state index in [1.54, 1.807) is 36.0 Å². The Morgan fingerprint density at radius 1 is 1.07 bits per heavy atom. The lowest BCUT2D eigenvalue weighted by molar-refractivity contribution is -0.120. The summed E-state index contributed by atoms with van der Waals surface area (Å²) < 4.78 is 0. The average molecular weight is 382 g/mol. The number of fused-ring (bicyclic) bond motifs is 1. The summed E-state index contributed by atoms with van der Waals surface area (Å²) in [7, 11) is 0. The first kappa shape index (κ1) is 19.2. The number of benzene rings is 2. The fraction of sp³-hybridized carbons (Fsp3) is 0.286.